The van der Waals surface area contributed by atoms with Crippen LogP contribution in [-0.2, 0) is 0 Å². The quantitative estimate of drug-likeness (QED) is 0.818. The normalized spacial score (nSPS) is 10.4. The molecular weight excluding hydrogens is 220 g/mol. The fourth-order valence-corrected chi connectivity index (χ4v) is 1.87. The maximum Gasteiger partial charge on any atom is 0.0620 e. The third-order valence-electron chi connectivity index (χ3n) is 2.67. The molecule has 0 spiro atoms. The minimum Gasteiger partial charge on any atom is -0.381 e. The van der Waals surface area contributed by atoms with Crippen molar-refractivity contribution in [1.29, 1.82) is 0 Å². The summed E-state index contributed by atoms with van der Waals surface area (Å²) in [6.07, 6.45) is 0. The Morgan fingerprint density at radius 2 is 1.61 bits per heavy atom. The molecule has 0 aliphatic rings. The van der Waals surface area contributed by atoms with Crippen molar-refractivity contribution in [3.63, 3.8) is 0 Å². The highest BCUT2D eigenvalue weighted by molar-refractivity contribution is 5.75. The molecule has 2 aromatic rings. The van der Waals surface area contributed by atoms with Gasteiger partial charge in [-0.1, -0.05) is 24.3 Å². The van der Waals surface area contributed by atoms with E-state index in [9.17, 15) is 0 Å². The Balaban J connectivity index is 2.26. The van der Waals surface area contributed by atoms with Gasteiger partial charge in [0.1, 0.15) is 0 Å². The first kappa shape index (κ1) is 12.5. The lowest BCUT2D eigenvalue weighted by molar-refractivity contribution is 0.900. The average Bonchev–Trinajstić information content (AvgIpc) is 2.33. The minimum absolute atomic E-state index is 0.420. The van der Waals surface area contributed by atoms with E-state index in [1.807, 2.05) is 18.2 Å². The summed E-state index contributed by atoms with van der Waals surface area (Å²) < 4.78 is 0. The van der Waals surface area contributed by atoms with Crippen LogP contribution in [0.1, 0.15) is 19.4 Å². The average molecular weight is 240 g/mol. The van der Waals surface area contributed by atoms with Crippen LogP contribution in [0.5, 0.6) is 0 Å². The summed E-state index contributed by atoms with van der Waals surface area (Å²) in [4.78, 5) is 0. The molecule has 18 heavy (non-hydrogen) atoms. The summed E-state index contributed by atoms with van der Waals surface area (Å²) >= 11 is 0. The predicted octanol–water partition coefficient (Wildman–Crippen LogP) is 4.56. The zero-order valence-corrected chi connectivity index (χ0v) is 11.2. The zero-order chi connectivity index (χ0) is 13.0. The highest BCUT2D eigenvalue weighted by Crippen LogP contribution is 2.27. The van der Waals surface area contributed by atoms with Gasteiger partial charge in [0.15, 0.2) is 0 Å². The molecule has 0 heterocycles. The molecule has 0 atom stereocenters. The van der Waals surface area contributed by atoms with Gasteiger partial charge < -0.3 is 10.6 Å². The molecule has 0 radical (unpaired) electrons. The first-order chi connectivity index (χ1) is 8.65. The van der Waals surface area contributed by atoms with Gasteiger partial charge in [-0.25, -0.2) is 0 Å². The second-order valence-electron chi connectivity index (χ2n) is 4.84. The van der Waals surface area contributed by atoms with Crippen molar-refractivity contribution < 1.29 is 0 Å². The number of nitrogens with one attached hydrogen (secondary N) is 2. The van der Waals surface area contributed by atoms with E-state index >= 15 is 0 Å². The van der Waals surface area contributed by atoms with Crippen LogP contribution in [0, 0.1) is 6.92 Å². The fourth-order valence-electron chi connectivity index (χ4n) is 1.87. The van der Waals surface area contributed by atoms with Crippen LogP contribution in [0.15, 0.2) is 48.5 Å². The van der Waals surface area contributed by atoms with Crippen LogP contribution in [-0.4, -0.2) is 6.04 Å². The highest BCUT2D eigenvalue weighted by Gasteiger charge is 2.04. The molecule has 2 aromatic carbocycles. The van der Waals surface area contributed by atoms with Crippen molar-refractivity contribution in [3.05, 3.63) is 54.1 Å². The van der Waals surface area contributed by atoms with Gasteiger partial charge in [-0.2, -0.15) is 0 Å². The largest absolute Gasteiger partial charge is 0.381 e. The van der Waals surface area contributed by atoms with Crippen molar-refractivity contribution in [3.8, 4) is 0 Å². The van der Waals surface area contributed by atoms with Gasteiger partial charge in [-0.3, -0.25) is 0 Å². The highest BCUT2D eigenvalue weighted by atomic mass is 15.0. The van der Waals surface area contributed by atoms with Gasteiger partial charge in [0.25, 0.3) is 0 Å². The van der Waals surface area contributed by atoms with Crippen LogP contribution < -0.4 is 10.6 Å². The van der Waals surface area contributed by atoms with Crippen molar-refractivity contribution in [2.24, 2.45) is 0 Å². The van der Waals surface area contributed by atoms with E-state index in [0.29, 0.717) is 6.04 Å². The van der Waals surface area contributed by atoms with Gasteiger partial charge in [0.2, 0.25) is 0 Å². The van der Waals surface area contributed by atoms with Crippen LogP contribution in [0.2, 0.25) is 0 Å². The molecule has 0 aliphatic carbocycles. The summed E-state index contributed by atoms with van der Waals surface area (Å²) in [5.41, 5.74) is 4.62. The van der Waals surface area contributed by atoms with Gasteiger partial charge in [0, 0.05) is 11.7 Å². The number of rotatable bonds is 4. The Bertz CT molecular complexity index is 504. The van der Waals surface area contributed by atoms with E-state index in [-0.39, 0.29) is 0 Å². The van der Waals surface area contributed by atoms with Crippen molar-refractivity contribution in [1.82, 2.24) is 0 Å². The topological polar surface area (TPSA) is 24.1 Å². The Morgan fingerprint density at radius 1 is 0.889 bits per heavy atom. The smallest absolute Gasteiger partial charge is 0.0620 e. The molecule has 2 N–H and O–H groups in total. The van der Waals surface area contributed by atoms with Crippen LogP contribution in [0.25, 0.3) is 0 Å². The first-order valence-corrected chi connectivity index (χ1v) is 6.34. The lowest BCUT2D eigenvalue weighted by atomic mass is 10.1. The number of para-hydroxylation sites is 1. The maximum absolute atomic E-state index is 3.47. The number of aryl methyl sites for hydroxylation is 1. The molecule has 2 nitrogen and oxygen atoms in total. The molecule has 2 rings (SSSR count). The number of benzene rings is 2. The molecule has 0 bridgehead atoms. The molecule has 0 saturated heterocycles. The Morgan fingerprint density at radius 3 is 2.28 bits per heavy atom. The molecule has 94 valence electrons. The summed E-state index contributed by atoms with van der Waals surface area (Å²) in [6.45, 7) is 6.40. The fraction of sp³-hybridized carbons (Fsp3) is 0.250. The van der Waals surface area contributed by atoms with E-state index in [1.54, 1.807) is 0 Å². The van der Waals surface area contributed by atoms with E-state index < -0.39 is 0 Å². The molecule has 0 fully saturated rings. The standard InChI is InChI=1S/C16H20N2/c1-12(2)17-16-11-13(3)9-10-15(16)18-14-7-5-4-6-8-14/h4-12,17-18H,1-3H3. The second kappa shape index (κ2) is 5.58. The molecular formula is C16H20N2. The van der Waals surface area contributed by atoms with Gasteiger partial charge >= 0.3 is 0 Å². The second-order valence-corrected chi connectivity index (χ2v) is 4.84. The van der Waals surface area contributed by atoms with Crippen LogP contribution in [0.4, 0.5) is 17.1 Å². The monoisotopic (exact) mass is 240 g/mol. The summed E-state index contributed by atoms with van der Waals surface area (Å²) in [5.74, 6) is 0. The van der Waals surface area contributed by atoms with Crippen LogP contribution in [0.3, 0.4) is 0 Å². The van der Waals surface area contributed by atoms with Crippen molar-refractivity contribution in [2.75, 3.05) is 10.6 Å². The molecule has 0 amide bonds. The molecule has 0 unspecified atom stereocenters. The van der Waals surface area contributed by atoms with Gasteiger partial charge in [0.05, 0.1) is 11.4 Å². The summed E-state index contributed by atoms with van der Waals surface area (Å²) in [6, 6.07) is 17.1. The SMILES string of the molecule is Cc1ccc(Nc2ccccc2)c(NC(C)C)c1. The van der Waals surface area contributed by atoms with Crippen LogP contribution >= 0.6 is 0 Å². The van der Waals surface area contributed by atoms with Crippen molar-refractivity contribution in [2.45, 2.75) is 26.8 Å². The number of hydrogen-bond acceptors (Lipinski definition) is 2. The lowest BCUT2D eigenvalue weighted by Gasteiger charge is -2.17. The van der Waals surface area contributed by atoms with E-state index in [1.165, 1.54) is 5.56 Å². The zero-order valence-electron chi connectivity index (χ0n) is 11.2. The predicted molar refractivity (Wildman–Crippen MR) is 79.7 cm³/mol. The molecule has 0 aromatic heterocycles. The molecule has 0 aliphatic heterocycles. The van der Waals surface area contributed by atoms with E-state index in [0.717, 1.165) is 17.1 Å². The van der Waals surface area contributed by atoms with Gasteiger partial charge in [-0.15, -0.1) is 0 Å². The lowest BCUT2D eigenvalue weighted by Crippen LogP contribution is -2.11. The minimum atomic E-state index is 0.420. The number of anilines is 3. The van der Waals surface area contributed by atoms with Crippen molar-refractivity contribution >= 4 is 17.1 Å². The third-order valence-corrected chi connectivity index (χ3v) is 2.67. The Kier molecular flexibility index (Phi) is 3.88. The first-order valence-electron chi connectivity index (χ1n) is 6.34. The summed E-state index contributed by atoms with van der Waals surface area (Å²) in [7, 11) is 0. The number of hydrogen-bond donors (Lipinski definition) is 2. The third kappa shape index (κ3) is 3.27. The maximum atomic E-state index is 3.47. The summed E-state index contributed by atoms with van der Waals surface area (Å²) in [5, 5.41) is 6.91. The Hall–Kier alpha value is -1.96. The van der Waals surface area contributed by atoms with E-state index in [4.69, 9.17) is 0 Å². The van der Waals surface area contributed by atoms with E-state index in [2.05, 4.69) is 61.7 Å². The molecule has 2 heteroatoms. The van der Waals surface area contributed by atoms with Gasteiger partial charge in [-0.05, 0) is 50.6 Å². The Labute approximate surface area is 109 Å². The molecule has 0 saturated carbocycles.